The number of amides is 1. The van der Waals surface area contributed by atoms with Gasteiger partial charge in [0.1, 0.15) is 10.8 Å². The molecule has 1 heterocycles. The molecule has 0 fully saturated rings. The van der Waals surface area contributed by atoms with E-state index in [9.17, 15) is 4.79 Å². The van der Waals surface area contributed by atoms with Gasteiger partial charge in [-0.3, -0.25) is 4.79 Å². The van der Waals surface area contributed by atoms with Gasteiger partial charge in [-0.15, -0.1) is 11.3 Å². The number of nitrogens with one attached hydrogen (secondary N) is 1. The van der Waals surface area contributed by atoms with Gasteiger partial charge in [0.15, 0.2) is 0 Å². The SMILES string of the molecule is COc1ccc(Cl)cc1C(=O)Nc1ccc(-c2csc(-c3ccccc3C)n2)cc1. The molecule has 4 rings (SSSR count). The number of aryl methyl sites for hydroxylation is 1. The third-order valence-corrected chi connectivity index (χ3v) is 5.84. The van der Waals surface area contributed by atoms with Crippen LogP contribution in [0.4, 0.5) is 5.69 Å². The Balaban J connectivity index is 1.52. The Kier molecular flexibility index (Phi) is 5.84. The second-order valence-electron chi connectivity index (χ2n) is 6.73. The molecule has 0 spiro atoms. The number of halogens is 1. The van der Waals surface area contributed by atoms with E-state index < -0.39 is 0 Å². The third kappa shape index (κ3) is 4.22. The number of benzene rings is 3. The van der Waals surface area contributed by atoms with Gasteiger partial charge < -0.3 is 10.1 Å². The number of ether oxygens (including phenoxy) is 1. The summed E-state index contributed by atoms with van der Waals surface area (Å²) in [5.74, 6) is 0.192. The number of nitrogens with zero attached hydrogens (tertiary/aromatic N) is 1. The fourth-order valence-corrected chi connectivity index (χ4v) is 4.21. The molecule has 1 aromatic heterocycles. The summed E-state index contributed by atoms with van der Waals surface area (Å²) in [5.41, 5.74) is 5.31. The van der Waals surface area contributed by atoms with Crippen LogP contribution in [0.25, 0.3) is 21.8 Å². The quantitative estimate of drug-likeness (QED) is 0.380. The molecule has 150 valence electrons. The summed E-state index contributed by atoms with van der Waals surface area (Å²) < 4.78 is 5.26. The standard InChI is InChI=1S/C24H19ClN2O2S/c1-15-5-3-4-6-19(15)24-27-21(14-30-24)16-7-10-18(11-8-16)26-23(28)20-13-17(25)9-12-22(20)29-2/h3-14H,1-2H3,(H,26,28). The lowest BCUT2D eigenvalue weighted by Crippen LogP contribution is -2.13. The molecular weight excluding hydrogens is 416 g/mol. The number of anilines is 1. The average Bonchev–Trinajstić information content (AvgIpc) is 3.24. The fourth-order valence-electron chi connectivity index (χ4n) is 3.12. The number of hydrogen-bond donors (Lipinski definition) is 1. The summed E-state index contributed by atoms with van der Waals surface area (Å²) in [4.78, 5) is 17.4. The number of carbonyl (C=O) groups excluding carboxylic acids is 1. The molecular formula is C24H19ClN2O2S. The molecule has 1 N–H and O–H groups in total. The summed E-state index contributed by atoms with van der Waals surface area (Å²) >= 11 is 7.65. The molecule has 0 bridgehead atoms. The van der Waals surface area contributed by atoms with Crippen molar-refractivity contribution < 1.29 is 9.53 Å². The molecule has 30 heavy (non-hydrogen) atoms. The van der Waals surface area contributed by atoms with E-state index in [0.717, 1.165) is 21.8 Å². The monoisotopic (exact) mass is 434 g/mol. The third-order valence-electron chi connectivity index (χ3n) is 4.72. The van der Waals surface area contributed by atoms with Crippen molar-refractivity contribution in [3.05, 3.63) is 88.3 Å². The molecule has 1 amide bonds. The van der Waals surface area contributed by atoms with Gasteiger partial charge in [0.2, 0.25) is 0 Å². The van der Waals surface area contributed by atoms with E-state index in [1.54, 1.807) is 29.5 Å². The van der Waals surface area contributed by atoms with E-state index in [1.165, 1.54) is 12.7 Å². The number of carbonyl (C=O) groups is 1. The summed E-state index contributed by atoms with van der Waals surface area (Å²) in [6.45, 7) is 2.09. The number of rotatable bonds is 5. The smallest absolute Gasteiger partial charge is 0.259 e. The van der Waals surface area contributed by atoms with Gasteiger partial charge in [-0.05, 0) is 42.8 Å². The minimum absolute atomic E-state index is 0.280. The molecule has 4 aromatic rings. The number of hydrogen-bond acceptors (Lipinski definition) is 4. The average molecular weight is 435 g/mol. The van der Waals surface area contributed by atoms with Gasteiger partial charge in [-0.25, -0.2) is 4.98 Å². The van der Waals surface area contributed by atoms with Crippen LogP contribution in [0.5, 0.6) is 5.75 Å². The van der Waals surface area contributed by atoms with Crippen LogP contribution in [0.15, 0.2) is 72.1 Å². The highest BCUT2D eigenvalue weighted by molar-refractivity contribution is 7.13. The Labute approximate surface area is 184 Å². The van der Waals surface area contributed by atoms with Crippen molar-refractivity contribution in [2.24, 2.45) is 0 Å². The van der Waals surface area contributed by atoms with E-state index in [4.69, 9.17) is 21.3 Å². The molecule has 0 aliphatic carbocycles. The zero-order valence-electron chi connectivity index (χ0n) is 16.5. The van der Waals surface area contributed by atoms with Crippen molar-refractivity contribution in [2.45, 2.75) is 6.92 Å². The van der Waals surface area contributed by atoms with Crippen LogP contribution in [0.3, 0.4) is 0 Å². The van der Waals surface area contributed by atoms with Crippen molar-refractivity contribution in [1.82, 2.24) is 4.98 Å². The lowest BCUT2D eigenvalue weighted by molar-refractivity contribution is 0.102. The van der Waals surface area contributed by atoms with E-state index in [2.05, 4.69) is 24.4 Å². The fraction of sp³-hybridized carbons (Fsp3) is 0.0833. The second-order valence-corrected chi connectivity index (χ2v) is 8.02. The summed E-state index contributed by atoms with van der Waals surface area (Å²) in [6.07, 6.45) is 0. The summed E-state index contributed by atoms with van der Waals surface area (Å²) in [6, 6.07) is 20.8. The normalized spacial score (nSPS) is 10.6. The van der Waals surface area contributed by atoms with Crippen LogP contribution in [-0.2, 0) is 0 Å². The first-order valence-electron chi connectivity index (χ1n) is 9.32. The van der Waals surface area contributed by atoms with Crippen molar-refractivity contribution >= 4 is 34.5 Å². The van der Waals surface area contributed by atoms with E-state index in [-0.39, 0.29) is 5.91 Å². The van der Waals surface area contributed by atoms with Gasteiger partial charge in [0.25, 0.3) is 5.91 Å². The van der Waals surface area contributed by atoms with E-state index in [0.29, 0.717) is 22.0 Å². The van der Waals surface area contributed by atoms with Crippen LogP contribution in [-0.4, -0.2) is 18.0 Å². The van der Waals surface area contributed by atoms with Gasteiger partial charge in [0.05, 0.1) is 18.4 Å². The highest BCUT2D eigenvalue weighted by atomic mass is 35.5. The Hall–Kier alpha value is -3.15. The lowest BCUT2D eigenvalue weighted by Gasteiger charge is -2.10. The minimum atomic E-state index is -0.280. The first-order valence-corrected chi connectivity index (χ1v) is 10.6. The first-order chi connectivity index (χ1) is 14.5. The lowest BCUT2D eigenvalue weighted by atomic mass is 10.1. The number of thiazole rings is 1. The molecule has 0 aliphatic rings. The van der Waals surface area contributed by atoms with E-state index >= 15 is 0 Å². The Morgan fingerprint density at radius 3 is 2.57 bits per heavy atom. The summed E-state index contributed by atoms with van der Waals surface area (Å²) in [7, 11) is 1.52. The predicted octanol–water partition coefficient (Wildman–Crippen LogP) is 6.70. The maximum absolute atomic E-state index is 12.6. The van der Waals surface area contributed by atoms with Gasteiger partial charge >= 0.3 is 0 Å². The van der Waals surface area contributed by atoms with Crippen LogP contribution in [0, 0.1) is 6.92 Å². The Morgan fingerprint density at radius 1 is 1.07 bits per heavy atom. The molecule has 3 aromatic carbocycles. The number of aromatic nitrogens is 1. The Morgan fingerprint density at radius 2 is 1.83 bits per heavy atom. The Bertz CT molecular complexity index is 1200. The second kappa shape index (κ2) is 8.69. The molecule has 0 atom stereocenters. The zero-order valence-corrected chi connectivity index (χ0v) is 18.1. The van der Waals surface area contributed by atoms with Gasteiger partial charge in [-0.1, -0.05) is 48.0 Å². The highest BCUT2D eigenvalue weighted by Gasteiger charge is 2.14. The summed E-state index contributed by atoms with van der Waals surface area (Å²) in [5, 5.41) is 6.40. The molecule has 6 heteroatoms. The zero-order chi connectivity index (χ0) is 21.1. The molecule has 0 radical (unpaired) electrons. The maximum Gasteiger partial charge on any atom is 0.259 e. The van der Waals surface area contributed by atoms with Crippen LogP contribution >= 0.6 is 22.9 Å². The number of methoxy groups -OCH3 is 1. The molecule has 4 nitrogen and oxygen atoms in total. The van der Waals surface area contributed by atoms with Crippen molar-refractivity contribution in [1.29, 1.82) is 0 Å². The van der Waals surface area contributed by atoms with Crippen molar-refractivity contribution in [3.63, 3.8) is 0 Å². The predicted molar refractivity (Wildman–Crippen MR) is 124 cm³/mol. The molecule has 0 aliphatic heterocycles. The minimum Gasteiger partial charge on any atom is -0.496 e. The van der Waals surface area contributed by atoms with E-state index in [1.807, 2.05) is 41.8 Å². The molecule has 0 saturated carbocycles. The van der Waals surface area contributed by atoms with Crippen LogP contribution in [0.1, 0.15) is 15.9 Å². The van der Waals surface area contributed by atoms with Crippen molar-refractivity contribution in [2.75, 3.05) is 12.4 Å². The van der Waals surface area contributed by atoms with Crippen LogP contribution < -0.4 is 10.1 Å². The molecule has 0 unspecified atom stereocenters. The van der Waals surface area contributed by atoms with Crippen molar-refractivity contribution in [3.8, 4) is 27.6 Å². The first kappa shape index (κ1) is 20.1. The topological polar surface area (TPSA) is 51.2 Å². The van der Waals surface area contributed by atoms with Gasteiger partial charge in [0, 0.05) is 27.2 Å². The molecule has 0 saturated heterocycles. The maximum atomic E-state index is 12.6. The van der Waals surface area contributed by atoms with Gasteiger partial charge in [-0.2, -0.15) is 0 Å². The largest absolute Gasteiger partial charge is 0.496 e. The van der Waals surface area contributed by atoms with Crippen LogP contribution in [0.2, 0.25) is 5.02 Å². The highest BCUT2D eigenvalue weighted by Crippen LogP contribution is 2.31.